The van der Waals surface area contributed by atoms with Gasteiger partial charge in [0.15, 0.2) is 0 Å². The van der Waals surface area contributed by atoms with Gasteiger partial charge in [0.05, 0.1) is 12.3 Å². The minimum Gasteiger partial charge on any atom is -0.491 e. The summed E-state index contributed by atoms with van der Waals surface area (Å²) in [5.41, 5.74) is 13.5. The zero-order chi connectivity index (χ0) is 19.5. The molecule has 2 aromatic carbocycles. The van der Waals surface area contributed by atoms with Gasteiger partial charge in [-0.2, -0.15) is 0 Å². The molecule has 0 saturated heterocycles. The Balaban J connectivity index is 2.55. The van der Waals surface area contributed by atoms with Crippen LogP contribution in [-0.2, 0) is 0 Å². The highest BCUT2D eigenvalue weighted by molar-refractivity contribution is 5.92. The SMILES string of the molecule is C=Cc1c(C)cc(OCC(C)(C)CC)c(N)c1C(=C)c1ccccc1C. The molecule has 0 fully saturated rings. The third kappa shape index (κ3) is 4.01. The van der Waals surface area contributed by atoms with Crippen LogP contribution >= 0.6 is 0 Å². The van der Waals surface area contributed by atoms with Crippen molar-refractivity contribution in [2.75, 3.05) is 12.3 Å². The maximum Gasteiger partial charge on any atom is 0.143 e. The summed E-state index contributed by atoms with van der Waals surface area (Å²) in [7, 11) is 0. The normalized spacial score (nSPS) is 11.3. The molecule has 2 rings (SSSR count). The molecule has 0 heterocycles. The predicted molar refractivity (Wildman–Crippen MR) is 115 cm³/mol. The predicted octanol–water partition coefficient (Wildman–Crippen LogP) is 6.41. The van der Waals surface area contributed by atoms with Gasteiger partial charge in [-0.25, -0.2) is 0 Å². The maximum atomic E-state index is 6.55. The molecule has 0 aliphatic rings. The van der Waals surface area contributed by atoms with E-state index in [1.54, 1.807) is 0 Å². The minimum absolute atomic E-state index is 0.102. The van der Waals surface area contributed by atoms with Crippen LogP contribution in [0.4, 0.5) is 5.69 Å². The Kier molecular flexibility index (Phi) is 5.97. The number of ether oxygens (including phenoxy) is 1. The fourth-order valence-corrected chi connectivity index (χ4v) is 2.95. The smallest absolute Gasteiger partial charge is 0.143 e. The van der Waals surface area contributed by atoms with Crippen LogP contribution in [0, 0.1) is 19.3 Å². The Hall–Kier alpha value is -2.48. The summed E-state index contributed by atoms with van der Waals surface area (Å²) in [4.78, 5) is 0. The fraction of sp³-hybridized carbons (Fsp3) is 0.333. The first kappa shape index (κ1) is 19.8. The number of aryl methyl sites for hydroxylation is 2. The average Bonchev–Trinajstić information content (AvgIpc) is 2.61. The summed E-state index contributed by atoms with van der Waals surface area (Å²) >= 11 is 0. The molecule has 0 aromatic heterocycles. The van der Waals surface area contributed by atoms with E-state index in [0.29, 0.717) is 12.3 Å². The zero-order valence-electron chi connectivity index (χ0n) is 16.8. The molecule has 26 heavy (non-hydrogen) atoms. The van der Waals surface area contributed by atoms with Crippen molar-refractivity contribution < 1.29 is 4.74 Å². The van der Waals surface area contributed by atoms with Crippen LogP contribution in [0.1, 0.15) is 55.0 Å². The van der Waals surface area contributed by atoms with Crippen molar-refractivity contribution in [1.29, 1.82) is 0 Å². The van der Waals surface area contributed by atoms with Gasteiger partial charge >= 0.3 is 0 Å². The summed E-state index contributed by atoms with van der Waals surface area (Å²) in [5, 5.41) is 0. The Morgan fingerprint density at radius 3 is 2.42 bits per heavy atom. The number of anilines is 1. The summed E-state index contributed by atoms with van der Waals surface area (Å²) in [6.45, 7) is 19.7. The number of nitrogens with two attached hydrogens (primary N) is 1. The number of hydrogen-bond donors (Lipinski definition) is 1. The number of rotatable bonds is 7. The van der Waals surface area contributed by atoms with Crippen LogP contribution in [0.5, 0.6) is 5.75 Å². The maximum absolute atomic E-state index is 6.55. The number of benzene rings is 2. The van der Waals surface area contributed by atoms with Crippen molar-refractivity contribution in [3.63, 3.8) is 0 Å². The van der Waals surface area contributed by atoms with Crippen molar-refractivity contribution in [2.45, 2.75) is 41.0 Å². The lowest BCUT2D eigenvalue weighted by Gasteiger charge is -2.25. The van der Waals surface area contributed by atoms with Crippen LogP contribution in [0.15, 0.2) is 43.5 Å². The molecular formula is C24H31NO. The minimum atomic E-state index is 0.102. The summed E-state index contributed by atoms with van der Waals surface area (Å²) in [5.74, 6) is 0.722. The molecule has 2 nitrogen and oxygen atoms in total. The molecule has 0 bridgehead atoms. The van der Waals surface area contributed by atoms with Crippen LogP contribution in [0.25, 0.3) is 11.6 Å². The summed E-state index contributed by atoms with van der Waals surface area (Å²) < 4.78 is 6.13. The van der Waals surface area contributed by atoms with E-state index in [1.165, 1.54) is 5.56 Å². The Bertz CT molecular complexity index is 830. The number of nitrogen functional groups attached to an aromatic ring is 1. The van der Waals surface area contributed by atoms with Gasteiger partial charge in [0.2, 0.25) is 0 Å². The highest BCUT2D eigenvalue weighted by atomic mass is 16.5. The Morgan fingerprint density at radius 2 is 1.85 bits per heavy atom. The topological polar surface area (TPSA) is 35.2 Å². The van der Waals surface area contributed by atoms with Crippen LogP contribution in [0.3, 0.4) is 0 Å². The molecule has 0 spiro atoms. The van der Waals surface area contributed by atoms with E-state index in [2.05, 4.69) is 59.9 Å². The lowest BCUT2D eigenvalue weighted by Crippen LogP contribution is -2.21. The lowest BCUT2D eigenvalue weighted by molar-refractivity contribution is 0.176. The lowest BCUT2D eigenvalue weighted by atomic mass is 9.88. The van der Waals surface area contributed by atoms with Crippen molar-refractivity contribution >= 4 is 17.3 Å². The first-order valence-electron chi connectivity index (χ1n) is 9.15. The second-order valence-electron chi connectivity index (χ2n) is 7.70. The molecule has 2 N–H and O–H groups in total. The van der Waals surface area contributed by atoms with Gasteiger partial charge in [-0.3, -0.25) is 0 Å². The fourth-order valence-electron chi connectivity index (χ4n) is 2.95. The third-order valence-corrected chi connectivity index (χ3v) is 5.13. The Labute approximate surface area is 158 Å². The molecule has 0 aliphatic heterocycles. The van der Waals surface area contributed by atoms with Crippen molar-refractivity contribution in [3.8, 4) is 5.75 Å². The van der Waals surface area contributed by atoms with E-state index in [0.717, 1.165) is 40.0 Å². The van der Waals surface area contributed by atoms with Gasteiger partial charge in [-0.15, -0.1) is 0 Å². The van der Waals surface area contributed by atoms with Crippen molar-refractivity contribution in [3.05, 3.63) is 71.3 Å². The highest BCUT2D eigenvalue weighted by Gasteiger charge is 2.21. The van der Waals surface area contributed by atoms with Gasteiger partial charge in [0.1, 0.15) is 5.75 Å². The molecule has 0 amide bonds. The monoisotopic (exact) mass is 349 g/mol. The largest absolute Gasteiger partial charge is 0.491 e. The van der Waals surface area contributed by atoms with Gasteiger partial charge in [-0.1, -0.05) is 64.3 Å². The first-order valence-corrected chi connectivity index (χ1v) is 9.15. The van der Waals surface area contributed by atoms with E-state index < -0.39 is 0 Å². The van der Waals surface area contributed by atoms with E-state index in [4.69, 9.17) is 10.5 Å². The highest BCUT2D eigenvalue weighted by Crippen LogP contribution is 2.39. The van der Waals surface area contributed by atoms with Crippen LogP contribution in [0.2, 0.25) is 0 Å². The summed E-state index contributed by atoms with van der Waals surface area (Å²) in [6.07, 6.45) is 2.89. The standard InChI is InChI=1S/C24H31NO/c1-8-19-17(4)14-21(26-15-24(6,7)9-2)23(25)22(19)18(5)20-13-11-10-12-16(20)3/h8,10-14H,1,5,9,15,25H2,2-4,6-7H3. The average molecular weight is 350 g/mol. The van der Waals surface area contributed by atoms with Crippen LogP contribution in [-0.4, -0.2) is 6.61 Å². The molecule has 0 radical (unpaired) electrons. The third-order valence-electron chi connectivity index (χ3n) is 5.13. The quantitative estimate of drug-likeness (QED) is 0.587. The van der Waals surface area contributed by atoms with Crippen LogP contribution < -0.4 is 10.5 Å². The Morgan fingerprint density at radius 1 is 1.19 bits per heavy atom. The second-order valence-corrected chi connectivity index (χ2v) is 7.70. The van der Waals surface area contributed by atoms with Gasteiger partial charge in [0.25, 0.3) is 0 Å². The molecule has 0 saturated carbocycles. The molecule has 138 valence electrons. The summed E-state index contributed by atoms with van der Waals surface area (Å²) in [6, 6.07) is 10.2. The molecule has 0 aliphatic carbocycles. The molecule has 2 heteroatoms. The van der Waals surface area contributed by atoms with E-state index in [-0.39, 0.29) is 5.41 Å². The van der Waals surface area contributed by atoms with Gasteiger partial charge in [0, 0.05) is 5.56 Å². The number of hydrogen-bond acceptors (Lipinski definition) is 2. The van der Waals surface area contributed by atoms with E-state index in [9.17, 15) is 0 Å². The zero-order valence-corrected chi connectivity index (χ0v) is 16.8. The van der Waals surface area contributed by atoms with Crippen molar-refractivity contribution in [1.82, 2.24) is 0 Å². The van der Waals surface area contributed by atoms with E-state index >= 15 is 0 Å². The first-order chi connectivity index (χ1) is 12.2. The van der Waals surface area contributed by atoms with Gasteiger partial charge in [-0.05, 0) is 59.6 Å². The molecule has 0 unspecified atom stereocenters. The molecule has 2 aromatic rings. The van der Waals surface area contributed by atoms with Crippen molar-refractivity contribution in [2.24, 2.45) is 5.41 Å². The molecular weight excluding hydrogens is 318 g/mol. The second kappa shape index (κ2) is 7.82. The molecule has 0 atom stereocenters. The van der Waals surface area contributed by atoms with Gasteiger partial charge < -0.3 is 10.5 Å². The van der Waals surface area contributed by atoms with E-state index in [1.807, 2.05) is 24.3 Å².